The van der Waals surface area contributed by atoms with E-state index in [0.717, 1.165) is 0 Å². The van der Waals surface area contributed by atoms with Gasteiger partial charge in [0.15, 0.2) is 0 Å². The Kier molecular flexibility index (Phi) is 3.43. The van der Waals surface area contributed by atoms with Gasteiger partial charge in [-0.1, -0.05) is 0 Å². The fourth-order valence-corrected chi connectivity index (χ4v) is 13.9. The van der Waals surface area contributed by atoms with Crippen molar-refractivity contribution in [1.29, 1.82) is 0 Å². The summed E-state index contributed by atoms with van der Waals surface area (Å²) >= 11 is -2.46. The fraction of sp³-hybridized carbons (Fsp3) is 0.167. The van der Waals surface area contributed by atoms with Crippen LogP contribution in [0.25, 0.3) is 17.2 Å². The van der Waals surface area contributed by atoms with Gasteiger partial charge in [0.05, 0.1) is 0 Å². The summed E-state index contributed by atoms with van der Waals surface area (Å²) in [4.78, 5) is 0. The molecule has 0 aromatic heterocycles. The second-order valence-corrected chi connectivity index (χ2v) is 18.3. The number of rotatable bonds is 2. The fourth-order valence-electron chi connectivity index (χ4n) is 4.82. The van der Waals surface area contributed by atoms with Crippen molar-refractivity contribution in [3.8, 4) is 11.1 Å². The molecular formula is C24H22Nb. The van der Waals surface area contributed by atoms with Crippen molar-refractivity contribution in [2.45, 2.75) is 18.6 Å². The summed E-state index contributed by atoms with van der Waals surface area (Å²) in [7, 11) is 0. The maximum atomic E-state index is 2.64. The molecule has 1 atom stereocenters. The Balaban J connectivity index is 1.70. The molecule has 0 nitrogen and oxygen atoms in total. The van der Waals surface area contributed by atoms with Gasteiger partial charge in [0.2, 0.25) is 0 Å². The number of allylic oxidation sites excluding steroid dienone is 1. The first-order valence-electron chi connectivity index (χ1n) is 8.96. The van der Waals surface area contributed by atoms with Gasteiger partial charge in [-0.2, -0.15) is 0 Å². The van der Waals surface area contributed by atoms with Crippen LogP contribution in [0.4, 0.5) is 0 Å². The molecule has 0 spiro atoms. The molecule has 0 saturated heterocycles. The zero-order chi connectivity index (χ0) is 17.0. The van der Waals surface area contributed by atoms with E-state index in [0.29, 0.717) is 8.27 Å². The standard InChI is InChI=1S/C13H9.C9H7.2CH3.Nb/c1-3-7-12-10(5-1)9-11-6-2-4-8-13(11)12;1-2-5-9-7-3-6-8(9)4-1;;;/h1-9H;1-7H;2*1H3;. The summed E-state index contributed by atoms with van der Waals surface area (Å²) < 4.78 is 1.26. The Labute approximate surface area is 153 Å². The van der Waals surface area contributed by atoms with E-state index in [4.69, 9.17) is 0 Å². The first-order chi connectivity index (χ1) is 12.2. The molecule has 2 aliphatic rings. The number of fused-ring (bicyclic) bond motifs is 4. The van der Waals surface area contributed by atoms with Crippen molar-refractivity contribution >= 4 is 6.08 Å². The van der Waals surface area contributed by atoms with Crippen LogP contribution in [-0.2, 0) is 17.1 Å². The second-order valence-electron chi connectivity index (χ2n) is 7.64. The molecule has 1 unspecified atom stereocenters. The van der Waals surface area contributed by atoms with Crippen LogP contribution in [0.1, 0.15) is 30.5 Å². The van der Waals surface area contributed by atoms with E-state index in [2.05, 4.69) is 95.2 Å². The number of hydrogen-bond acceptors (Lipinski definition) is 0. The van der Waals surface area contributed by atoms with Crippen LogP contribution in [0.2, 0.25) is 10.3 Å². The monoisotopic (exact) mass is 403 g/mol. The predicted molar refractivity (Wildman–Crippen MR) is 104 cm³/mol. The third-order valence-corrected chi connectivity index (χ3v) is 15.2. The molecule has 0 aliphatic heterocycles. The van der Waals surface area contributed by atoms with Crippen molar-refractivity contribution < 1.29 is 17.1 Å². The zero-order valence-corrected chi connectivity index (χ0v) is 16.9. The van der Waals surface area contributed by atoms with Crippen molar-refractivity contribution in [1.82, 2.24) is 0 Å². The van der Waals surface area contributed by atoms with Gasteiger partial charge in [0.25, 0.3) is 0 Å². The first-order valence-corrected chi connectivity index (χ1v) is 15.9. The van der Waals surface area contributed by atoms with Gasteiger partial charge in [-0.3, -0.25) is 0 Å². The molecule has 123 valence electrons. The second kappa shape index (κ2) is 5.57. The molecule has 0 radical (unpaired) electrons. The van der Waals surface area contributed by atoms with Gasteiger partial charge < -0.3 is 0 Å². The van der Waals surface area contributed by atoms with Gasteiger partial charge in [-0.05, 0) is 0 Å². The zero-order valence-electron chi connectivity index (χ0n) is 14.7. The van der Waals surface area contributed by atoms with Crippen molar-refractivity contribution in [2.24, 2.45) is 0 Å². The number of hydrogen-bond donors (Lipinski definition) is 0. The molecule has 0 heterocycles. The Morgan fingerprint density at radius 3 is 1.80 bits per heavy atom. The normalized spacial score (nSPS) is 18.1. The average molecular weight is 403 g/mol. The summed E-state index contributed by atoms with van der Waals surface area (Å²) in [6, 6.07) is 27.2. The molecule has 0 saturated carbocycles. The molecule has 0 N–H and O–H groups in total. The minimum absolute atomic E-state index is 0.617. The molecule has 25 heavy (non-hydrogen) atoms. The van der Waals surface area contributed by atoms with E-state index in [9.17, 15) is 0 Å². The molecule has 5 rings (SSSR count). The third-order valence-electron chi connectivity index (χ3n) is 5.96. The van der Waals surface area contributed by atoms with Crippen LogP contribution in [0.15, 0.2) is 78.9 Å². The van der Waals surface area contributed by atoms with E-state index in [-0.39, 0.29) is 0 Å². The molecule has 1 heteroatoms. The van der Waals surface area contributed by atoms with E-state index < -0.39 is 17.1 Å². The van der Waals surface area contributed by atoms with E-state index in [1.807, 2.05) is 0 Å². The van der Waals surface area contributed by atoms with Crippen LogP contribution < -0.4 is 0 Å². The molecule has 0 bridgehead atoms. The number of benzene rings is 3. The molecule has 3 aromatic rings. The van der Waals surface area contributed by atoms with Crippen molar-refractivity contribution in [3.63, 3.8) is 0 Å². The average Bonchev–Trinajstić information content (AvgIpc) is 3.22. The van der Waals surface area contributed by atoms with Gasteiger partial charge in [-0.15, -0.1) is 0 Å². The molecular weight excluding hydrogens is 381 g/mol. The molecule has 0 amide bonds. The molecule has 0 fully saturated rings. The Bertz CT molecular complexity index is 951. The quantitative estimate of drug-likeness (QED) is 0.414. The van der Waals surface area contributed by atoms with Crippen molar-refractivity contribution in [2.75, 3.05) is 0 Å². The van der Waals surface area contributed by atoms with Gasteiger partial charge in [0.1, 0.15) is 0 Å². The molecule has 3 aromatic carbocycles. The van der Waals surface area contributed by atoms with Crippen molar-refractivity contribution in [3.05, 3.63) is 101 Å². The van der Waals surface area contributed by atoms with Gasteiger partial charge in [0, 0.05) is 0 Å². The Morgan fingerprint density at radius 2 is 1.16 bits per heavy atom. The summed E-state index contributed by atoms with van der Waals surface area (Å²) in [5.74, 6) is 0. The van der Waals surface area contributed by atoms with Crippen LogP contribution in [0.5, 0.6) is 0 Å². The Morgan fingerprint density at radius 1 is 0.640 bits per heavy atom. The third kappa shape index (κ3) is 2.18. The van der Waals surface area contributed by atoms with E-state index >= 15 is 0 Å². The van der Waals surface area contributed by atoms with Crippen LogP contribution in [-0.4, -0.2) is 0 Å². The minimum atomic E-state index is -2.46. The first kappa shape index (κ1) is 15.4. The maximum absolute atomic E-state index is 2.64. The van der Waals surface area contributed by atoms with E-state index in [1.54, 1.807) is 16.7 Å². The van der Waals surface area contributed by atoms with Crippen LogP contribution in [0.3, 0.4) is 0 Å². The van der Waals surface area contributed by atoms with Crippen LogP contribution >= 0.6 is 0 Å². The van der Waals surface area contributed by atoms with Crippen LogP contribution in [0, 0.1) is 0 Å². The molecule has 2 aliphatic carbocycles. The topological polar surface area (TPSA) is 0 Å². The summed E-state index contributed by atoms with van der Waals surface area (Å²) in [6.07, 6.45) is 4.85. The summed E-state index contributed by atoms with van der Waals surface area (Å²) in [6.45, 7) is 0. The summed E-state index contributed by atoms with van der Waals surface area (Å²) in [5, 5.41) is 5.28. The predicted octanol–water partition coefficient (Wildman–Crippen LogP) is 6.77. The van der Waals surface area contributed by atoms with Gasteiger partial charge >= 0.3 is 154 Å². The SMILES string of the molecule is [CH3][Nb]([CH3])([CH]1C=Cc2ccccc21)[CH]1c2ccccc2-c2ccccc21. The van der Waals surface area contributed by atoms with E-state index in [1.165, 1.54) is 16.7 Å². The van der Waals surface area contributed by atoms with Gasteiger partial charge in [-0.25, -0.2) is 0 Å². The Hall–Kier alpha value is -1.86. The summed E-state index contributed by atoms with van der Waals surface area (Å²) in [5.41, 5.74) is 9.03.